The first-order valence-corrected chi connectivity index (χ1v) is 8.86. The summed E-state index contributed by atoms with van der Waals surface area (Å²) in [4.78, 5) is 15.8. The molecule has 0 amide bonds. The Kier molecular flexibility index (Phi) is 4.74. The summed E-state index contributed by atoms with van der Waals surface area (Å²) in [5.74, 6) is 0.309. The third-order valence-corrected chi connectivity index (χ3v) is 5.11. The molecular formula is C14H13NO2Te. The second kappa shape index (κ2) is 6.53. The molecule has 3 nitrogen and oxygen atoms in total. The van der Waals surface area contributed by atoms with Crippen LogP contribution in [-0.4, -0.2) is 38.0 Å². The molecule has 1 N–H and O–H groups in total. The van der Waals surface area contributed by atoms with Gasteiger partial charge in [0.25, 0.3) is 0 Å². The molecule has 4 heteroatoms. The van der Waals surface area contributed by atoms with E-state index in [0.29, 0.717) is 14.5 Å². The number of hydrogen-bond acceptors (Lipinski definition) is 3. The van der Waals surface area contributed by atoms with Crippen molar-refractivity contribution in [2.45, 2.75) is 8.94 Å². The number of aliphatic hydroxyl groups excluding tert-OH is 1. The van der Waals surface area contributed by atoms with Crippen molar-refractivity contribution in [1.29, 1.82) is 0 Å². The van der Waals surface area contributed by atoms with E-state index in [1.165, 1.54) is 0 Å². The van der Waals surface area contributed by atoms with Gasteiger partial charge in [-0.1, -0.05) is 0 Å². The Hall–Kier alpha value is -1.37. The van der Waals surface area contributed by atoms with E-state index in [1.807, 2.05) is 30.3 Å². The van der Waals surface area contributed by atoms with Gasteiger partial charge in [0.2, 0.25) is 0 Å². The van der Waals surface area contributed by atoms with Crippen LogP contribution in [0.3, 0.4) is 0 Å². The SMILES string of the molecule is O=C1C[Te]CC(O)=C1/C=C/C=Nc1ccccc1. The number of aliphatic hydroxyl groups is 1. The summed E-state index contributed by atoms with van der Waals surface area (Å²) in [5, 5.41) is 9.65. The minimum atomic E-state index is -0.340. The number of allylic oxidation sites excluding steroid dienone is 4. The van der Waals surface area contributed by atoms with Crippen LogP contribution in [0.5, 0.6) is 0 Å². The number of para-hydroxylation sites is 1. The van der Waals surface area contributed by atoms with E-state index in [2.05, 4.69) is 4.99 Å². The molecule has 0 atom stereocenters. The number of aliphatic imine (C=N–C) groups is 1. The van der Waals surface area contributed by atoms with Gasteiger partial charge in [0.15, 0.2) is 0 Å². The Balaban J connectivity index is 2.04. The summed E-state index contributed by atoms with van der Waals surface area (Å²) in [6.45, 7) is 0. The third kappa shape index (κ3) is 3.56. The van der Waals surface area contributed by atoms with Crippen molar-refractivity contribution in [3.05, 3.63) is 53.8 Å². The molecular weight excluding hydrogens is 342 g/mol. The second-order valence-electron chi connectivity index (χ2n) is 3.75. The van der Waals surface area contributed by atoms with Gasteiger partial charge < -0.3 is 0 Å². The molecule has 1 aliphatic rings. The topological polar surface area (TPSA) is 49.7 Å². The average Bonchev–Trinajstić information content (AvgIpc) is 2.38. The molecule has 1 aliphatic heterocycles. The molecule has 1 heterocycles. The average molecular weight is 355 g/mol. The first-order valence-electron chi connectivity index (χ1n) is 5.56. The minimum absolute atomic E-state index is 0.0607. The van der Waals surface area contributed by atoms with Gasteiger partial charge in [-0.25, -0.2) is 0 Å². The van der Waals surface area contributed by atoms with Gasteiger partial charge in [0, 0.05) is 0 Å². The molecule has 18 heavy (non-hydrogen) atoms. The molecule has 0 unspecified atom stereocenters. The van der Waals surface area contributed by atoms with E-state index in [9.17, 15) is 9.90 Å². The van der Waals surface area contributed by atoms with Gasteiger partial charge in [0.05, 0.1) is 0 Å². The molecule has 0 fully saturated rings. The Morgan fingerprint density at radius 1 is 1.22 bits per heavy atom. The van der Waals surface area contributed by atoms with Crippen molar-refractivity contribution in [3.8, 4) is 0 Å². The molecule has 92 valence electrons. The maximum absolute atomic E-state index is 11.6. The van der Waals surface area contributed by atoms with Crippen LogP contribution in [0.1, 0.15) is 0 Å². The van der Waals surface area contributed by atoms with Crippen LogP contribution in [-0.2, 0) is 4.79 Å². The Bertz CT molecular complexity index is 518. The molecule has 1 aromatic carbocycles. The van der Waals surface area contributed by atoms with Crippen molar-refractivity contribution in [1.82, 2.24) is 0 Å². The van der Waals surface area contributed by atoms with Gasteiger partial charge in [-0.2, -0.15) is 0 Å². The number of rotatable bonds is 3. The quantitative estimate of drug-likeness (QED) is 0.670. The summed E-state index contributed by atoms with van der Waals surface area (Å²) in [6.07, 6.45) is 4.98. The number of nitrogens with zero attached hydrogens (tertiary/aromatic N) is 1. The maximum atomic E-state index is 11.6. The van der Waals surface area contributed by atoms with E-state index in [-0.39, 0.29) is 32.5 Å². The molecule has 2 rings (SSSR count). The second-order valence-corrected chi connectivity index (χ2v) is 6.56. The van der Waals surface area contributed by atoms with Gasteiger partial charge >= 0.3 is 116 Å². The monoisotopic (exact) mass is 357 g/mol. The predicted molar refractivity (Wildman–Crippen MR) is 73.8 cm³/mol. The number of carbonyl (C=O) groups is 1. The Morgan fingerprint density at radius 3 is 2.72 bits per heavy atom. The predicted octanol–water partition coefficient (Wildman–Crippen LogP) is 2.88. The van der Waals surface area contributed by atoms with Crippen molar-refractivity contribution in [3.63, 3.8) is 0 Å². The third-order valence-electron chi connectivity index (χ3n) is 2.41. The first-order chi connectivity index (χ1) is 8.77. The summed E-state index contributed by atoms with van der Waals surface area (Å²) in [6, 6.07) is 9.57. The van der Waals surface area contributed by atoms with Crippen molar-refractivity contribution in [2.24, 2.45) is 4.99 Å². The summed E-state index contributed by atoms with van der Waals surface area (Å²) < 4.78 is 1.36. The number of Topliss-reactive ketones (excluding diaryl/α,β-unsaturated/α-hetero) is 1. The van der Waals surface area contributed by atoms with Crippen LogP contribution >= 0.6 is 0 Å². The van der Waals surface area contributed by atoms with Gasteiger partial charge in [0.1, 0.15) is 0 Å². The zero-order valence-electron chi connectivity index (χ0n) is 9.74. The number of hydrogen-bond donors (Lipinski definition) is 1. The fraction of sp³-hybridized carbons (Fsp3) is 0.143. The van der Waals surface area contributed by atoms with Crippen LogP contribution in [0.2, 0.25) is 8.94 Å². The first kappa shape index (κ1) is 13.1. The van der Waals surface area contributed by atoms with E-state index in [4.69, 9.17) is 0 Å². The van der Waals surface area contributed by atoms with Crippen LogP contribution in [0, 0.1) is 0 Å². The Morgan fingerprint density at radius 2 is 2.00 bits per heavy atom. The van der Waals surface area contributed by atoms with Gasteiger partial charge in [-0.05, 0) is 0 Å². The fourth-order valence-corrected chi connectivity index (χ4v) is 3.79. The Labute approximate surface area is 116 Å². The normalized spacial score (nSPS) is 17.0. The number of carbonyl (C=O) groups excluding carboxylic acids is 1. The van der Waals surface area contributed by atoms with E-state index in [0.717, 1.165) is 5.69 Å². The van der Waals surface area contributed by atoms with Gasteiger partial charge in [-0.15, -0.1) is 0 Å². The molecule has 0 saturated heterocycles. The molecule has 0 bridgehead atoms. The zero-order chi connectivity index (χ0) is 12.8. The van der Waals surface area contributed by atoms with Crippen molar-refractivity contribution >= 4 is 38.6 Å². The summed E-state index contributed by atoms with van der Waals surface area (Å²) in [5.41, 5.74) is 1.31. The van der Waals surface area contributed by atoms with Gasteiger partial charge in [-0.3, -0.25) is 0 Å². The standard InChI is InChI=1S/C14H13NO2Te/c16-13-9-18-10-14(17)12(13)7-4-8-15-11-5-2-1-3-6-11/h1-8,16H,9-10H2/b7-4+,15-8?. The van der Waals surface area contributed by atoms with Crippen LogP contribution in [0.4, 0.5) is 5.69 Å². The van der Waals surface area contributed by atoms with Crippen LogP contribution < -0.4 is 0 Å². The molecule has 0 spiro atoms. The molecule has 0 aromatic heterocycles. The van der Waals surface area contributed by atoms with E-state index >= 15 is 0 Å². The number of benzene rings is 1. The van der Waals surface area contributed by atoms with Crippen molar-refractivity contribution < 1.29 is 9.90 Å². The van der Waals surface area contributed by atoms with Crippen molar-refractivity contribution in [2.75, 3.05) is 0 Å². The van der Waals surface area contributed by atoms with Crippen LogP contribution in [0.15, 0.2) is 58.8 Å². The summed E-state index contributed by atoms with van der Waals surface area (Å²) in [7, 11) is 0. The van der Waals surface area contributed by atoms with E-state index < -0.39 is 0 Å². The fourth-order valence-electron chi connectivity index (χ4n) is 1.53. The summed E-state index contributed by atoms with van der Waals surface area (Å²) >= 11 is -0.340. The molecule has 0 saturated carbocycles. The number of ketones is 1. The van der Waals surface area contributed by atoms with E-state index in [1.54, 1.807) is 18.4 Å². The zero-order valence-corrected chi connectivity index (χ0v) is 12.1. The molecule has 0 aliphatic carbocycles. The van der Waals surface area contributed by atoms with Crippen LogP contribution in [0.25, 0.3) is 0 Å². The molecule has 0 radical (unpaired) electrons. The molecule has 1 aromatic rings.